The Morgan fingerprint density at radius 3 is 2.26 bits per heavy atom. The van der Waals surface area contributed by atoms with Crippen LogP contribution in [-0.2, 0) is 0 Å². The van der Waals surface area contributed by atoms with Gasteiger partial charge in [-0.1, -0.05) is 54.1 Å². The van der Waals surface area contributed by atoms with E-state index in [1.807, 2.05) is 18.2 Å². The molecule has 0 radical (unpaired) electrons. The number of rotatable bonds is 3. The van der Waals surface area contributed by atoms with Crippen molar-refractivity contribution in [3.05, 3.63) is 99.7 Å². The first-order valence-corrected chi connectivity index (χ1v) is 8.69. The number of hydrogen-bond acceptors (Lipinski definition) is 3. The van der Waals surface area contributed by atoms with Gasteiger partial charge in [0.1, 0.15) is 11.1 Å². The summed E-state index contributed by atoms with van der Waals surface area (Å²) in [6, 6.07) is 22.7. The van der Waals surface area contributed by atoms with E-state index in [0.717, 1.165) is 0 Å². The summed E-state index contributed by atoms with van der Waals surface area (Å²) in [5, 5.41) is 3.66. The Morgan fingerprint density at radius 2 is 1.52 bits per heavy atom. The molecule has 0 aliphatic rings. The number of nitrogens with one attached hydrogen (secondary N) is 1. The molecule has 0 atom stereocenters. The lowest BCUT2D eigenvalue weighted by atomic mass is 10.0. The van der Waals surface area contributed by atoms with Gasteiger partial charge in [-0.05, 0) is 36.4 Å². The van der Waals surface area contributed by atoms with Crippen molar-refractivity contribution in [2.75, 3.05) is 5.32 Å². The summed E-state index contributed by atoms with van der Waals surface area (Å²) in [5.41, 5.74) is 1.22. The topological polar surface area (TPSA) is 59.3 Å². The molecule has 1 amide bonds. The molecule has 4 aromatic rings. The van der Waals surface area contributed by atoms with Crippen molar-refractivity contribution in [2.24, 2.45) is 0 Å². The summed E-state index contributed by atoms with van der Waals surface area (Å²) in [7, 11) is 0. The number of anilines is 1. The average Bonchev–Trinajstić information content (AvgIpc) is 2.70. The number of amides is 1. The molecular formula is C22H14ClNO3. The quantitative estimate of drug-likeness (QED) is 0.524. The predicted octanol–water partition coefficient (Wildman–Crippen LogP) is 5.37. The molecule has 4 nitrogen and oxygen atoms in total. The summed E-state index contributed by atoms with van der Waals surface area (Å²) in [4.78, 5) is 26.0. The standard InChI is InChI=1S/C22H14ClNO3/c23-15-10-12-16(13-11-15)24-22(26)19-20(25)17-8-4-5-9-18(17)27-21(19)14-6-2-1-3-7-14/h1-13H,(H,24,26). The lowest BCUT2D eigenvalue weighted by Crippen LogP contribution is -2.22. The van der Waals surface area contributed by atoms with Gasteiger partial charge in [0.25, 0.3) is 5.91 Å². The van der Waals surface area contributed by atoms with Crippen LogP contribution >= 0.6 is 11.6 Å². The molecule has 0 saturated carbocycles. The molecule has 0 spiro atoms. The molecule has 5 heteroatoms. The van der Waals surface area contributed by atoms with Crippen LogP contribution in [0.3, 0.4) is 0 Å². The van der Waals surface area contributed by atoms with Crippen molar-refractivity contribution in [1.82, 2.24) is 0 Å². The third-order valence-corrected chi connectivity index (χ3v) is 4.41. The fourth-order valence-electron chi connectivity index (χ4n) is 2.87. The van der Waals surface area contributed by atoms with Gasteiger partial charge in [-0.15, -0.1) is 0 Å². The second-order valence-corrected chi connectivity index (χ2v) is 6.39. The number of carbonyl (C=O) groups is 1. The van der Waals surface area contributed by atoms with Crippen molar-refractivity contribution in [3.63, 3.8) is 0 Å². The highest BCUT2D eigenvalue weighted by Crippen LogP contribution is 2.26. The molecule has 0 bridgehead atoms. The van der Waals surface area contributed by atoms with E-state index in [-0.39, 0.29) is 16.8 Å². The fraction of sp³-hybridized carbons (Fsp3) is 0. The molecule has 1 N–H and O–H groups in total. The monoisotopic (exact) mass is 375 g/mol. The molecule has 132 valence electrons. The van der Waals surface area contributed by atoms with Gasteiger partial charge in [0.2, 0.25) is 5.43 Å². The highest BCUT2D eigenvalue weighted by molar-refractivity contribution is 6.30. The van der Waals surface area contributed by atoms with Crippen LogP contribution in [-0.4, -0.2) is 5.91 Å². The molecule has 0 unspecified atom stereocenters. The van der Waals surface area contributed by atoms with E-state index in [0.29, 0.717) is 27.2 Å². The lowest BCUT2D eigenvalue weighted by molar-refractivity contribution is 0.102. The van der Waals surface area contributed by atoms with E-state index >= 15 is 0 Å². The highest BCUT2D eigenvalue weighted by atomic mass is 35.5. The molecule has 0 aliphatic heterocycles. The molecule has 1 aromatic heterocycles. The third-order valence-electron chi connectivity index (χ3n) is 4.16. The molecule has 4 rings (SSSR count). The van der Waals surface area contributed by atoms with Gasteiger partial charge in [-0.2, -0.15) is 0 Å². The Morgan fingerprint density at radius 1 is 0.852 bits per heavy atom. The van der Waals surface area contributed by atoms with Crippen LogP contribution in [0.5, 0.6) is 0 Å². The number of halogens is 1. The lowest BCUT2D eigenvalue weighted by Gasteiger charge is -2.11. The van der Waals surface area contributed by atoms with Crippen LogP contribution in [0.1, 0.15) is 10.4 Å². The zero-order valence-corrected chi connectivity index (χ0v) is 14.9. The number of para-hydroxylation sites is 1. The number of carbonyl (C=O) groups excluding carboxylic acids is 1. The van der Waals surface area contributed by atoms with Crippen molar-refractivity contribution in [3.8, 4) is 11.3 Å². The van der Waals surface area contributed by atoms with E-state index in [9.17, 15) is 9.59 Å². The second kappa shape index (κ2) is 7.09. The van der Waals surface area contributed by atoms with Crippen molar-refractivity contribution < 1.29 is 9.21 Å². The summed E-state index contributed by atoms with van der Waals surface area (Å²) in [6.45, 7) is 0. The minimum atomic E-state index is -0.532. The molecular weight excluding hydrogens is 362 g/mol. The van der Waals surface area contributed by atoms with Crippen molar-refractivity contribution in [1.29, 1.82) is 0 Å². The Bertz CT molecular complexity index is 1180. The van der Waals surface area contributed by atoms with Gasteiger partial charge in [0.15, 0.2) is 5.76 Å². The van der Waals surface area contributed by atoms with E-state index in [1.54, 1.807) is 60.7 Å². The van der Waals surface area contributed by atoms with E-state index in [4.69, 9.17) is 16.0 Å². The SMILES string of the molecule is O=C(Nc1ccc(Cl)cc1)c1c(-c2ccccc2)oc2ccccc2c1=O. The first-order chi connectivity index (χ1) is 13.1. The fourth-order valence-corrected chi connectivity index (χ4v) is 2.99. The molecule has 0 fully saturated rings. The average molecular weight is 376 g/mol. The van der Waals surface area contributed by atoms with E-state index < -0.39 is 5.91 Å². The minimum absolute atomic E-state index is 0.0325. The Hall–Kier alpha value is -3.37. The van der Waals surface area contributed by atoms with Crippen molar-refractivity contribution in [2.45, 2.75) is 0 Å². The first-order valence-electron chi connectivity index (χ1n) is 8.31. The van der Waals surface area contributed by atoms with Gasteiger partial charge in [-0.25, -0.2) is 0 Å². The van der Waals surface area contributed by atoms with Crippen LogP contribution in [0.4, 0.5) is 5.69 Å². The maximum Gasteiger partial charge on any atom is 0.263 e. The first kappa shape index (κ1) is 17.1. The van der Waals surface area contributed by atoms with Gasteiger partial charge in [-0.3, -0.25) is 9.59 Å². The predicted molar refractivity (Wildman–Crippen MR) is 107 cm³/mol. The molecule has 3 aromatic carbocycles. The molecule has 27 heavy (non-hydrogen) atoms. The van der Waals surface area contributed by atoms with Gasteiger partial charge in [0.05, 0.1) is 5.39 Å². The van der Waals surface area contributed by atoms with E-state index in [1.165, 1.54) is 0 Å². The molecule has 0 aliphatic carbocycles. The largest absolute Gasteiger partial charge is 0.455 e. The summed E-state index contributed by atoms with van der Waals surface area (Å²) >= 11 is 5.88. The van der Waals surface area contributed by atoms with Crippen LogP contribution < -0.4 is 10.7 Å². The van der Waals surface area contributed by atoms with Crippen LogP contribution in [0.25, 0.3) is 22.3 Å². The second-order valence-electron chi connectivity index (χ2n) is 5.96. The zero-order chi connectivity index (χ0) is 18.8. The maximum atomic E-state index is 13.1. The normalized spacial score (nSPS) is 10.7. The number of benzene rings is 3. The smallest absolute Gasteiger partial charge is 0.263 e. The zero-order valence-electron chi connectivity index (χ0n) is 14.1. The van der Waals surface area contributed by atoms with Gasteiger partial charge < -0.3 is 9.73 Å². The minimum Gasteiger partial charge on any atom is -0.455 e. The van der Waals surface area contributed by atoms with Crippen LogP contribution in [0.2, 0.25) is 5.02 Å². The number of fused-ring (bicyclic) bond motifs is 1. The molecule has 0 saturated heterocycles. The Labute approximate surface area is 160 Å². The summed E-state index contributed by atoms with van der Waals surface area (Å²) < 4.78 is 5.96. The molecule has 1 heterocycles. The Kier molecular flexibility index (Phi) is 4.48. The van der Waals surface area contributed by atoms with Crippen LogP contribution in [0, 0.1) is 0 Å². The maximum absolute atomic E-state index is 13.1. The number of hydrogen-bond donors (Lipinski definition) is 1. The van der Waals surface area contributed by atoms with Gasteiger partial charge >= 0.3 is 0 Å². The van der Waals surface area contributed by atoms with E-state index in [2.05, 4.69) is 5.32 Å². The van der Waals surface area contributed by atoms with Crippen molar-refractivity contribution >= 4 is 34.2 Å². The summed E-state index contributed by atoms with van der Waals surface area (Å²) in [5.74, 6) is -0.290. The van der Waals surface area contributed by atoms with Crippen LogP contribution in [0.15, 0.2) is 88.1 Å². The highest BCUT2D eigenvalue weighted by Gasteiger charge is 2.22. The summed E-state index contributed by atoms with van der Waals surface area (Å²) in [6.07, 6.45) is 0. The van der Waals surface area contributed by atoms with Gasteiger partial charge in [0, 0.05) is 16.3 Å². The Balaban J connectivity index is 1.89. The third kappa shape index (κ3) is 3.35.